The van der Waals surface area contributed by atoms with Gasteiger partial charge >= 0.3 is 0 Å². The van der Waals surface area contributed by atoms with Crippen molar-refractivity contribution in [3.05, 3.63) is 66.5 Å². The van der Waals surface area contributed by atoms with Gasteiger partial charge in [0.15, 0.2) is 0 Å². The predicted molar refractivity (Wildman–Crippen MR) is 106 cm³/mol. The summed E-state index contributed by atoms with van der Waals surface area (Å²) >= 11 is 0. The monoisotopic (exact) mass is 346 g/mol. The van der Waals surface area contributed by atoms with E-state index in [0.29, 0.717) is 0 Å². The molecule has 25 heavy (non-hydrogen) atoms. The highest BCUT2D eigenvalue weighted by Crippen LogP contribution is 2.26. The van der Waals surface area contributed by atoms with Crippen LogP contribution in [0.3, 0.4) is 0 Å². The number of hydrogen-bond donors (Lipinski definition) is 0. The van der Waals surface area contributed by atoms with Gasteiger partial charge in [0.25, 0.3) is 0 Å². The quantitative estimate of drug-likeness (QED) is 0.504. The molecule has 0 spiro atoms. The van der Waals surface area contributed by atoms with Gasteiger partial charge in [-0.1, -0.05) is 55.9 Å². The van der Waals surface area contributed by atoms with E-state index < -0.39 is 8.07 Å². The Hall–Kier alpha value is -2.77. The Balaban J connectivity index is 2.14. The minimum Gasteiger partial charge on any atom is -0.497 e. The Morgan fingerprint density at radius 2 is 1.64 bits per heavy atom. The smallest absolute Gasteiger partial charge is 0.129 e. The van der Waals surface area contributed by atoms with Gasteiger partial charge in [0.2, 0.25) is 0 Å². The van der Waals surface area contributed by atoms with E-state index in [-0.39, 0.29) is 0 Å². The van der Waals surface area contributed by atoms with Crippen LogP contribution in [-0.2, 0) is 0 Å². The number of methoxy groups -OCH3 is 1. The molecule has 0 atom stereocenters. The van der Waals surface area contributed by atoms with Crippen LogP contribution in [0.25, 0.3) is 16.8 Å². The van der Waals surface area contributed by atoms with E-state index in [1.807, 2.05) is 53.3 Å². The molecule has 0 N–H and O–H groups in total. The van der Waals surface area contributed by atoms with Gasteiger partial charge in [-0.05, 0) is 29.8 Å². The molecule has 3 nitrogen and oxygen atoms in total. The molecule has 3 rings (SSSR count). The maximum atomic E-state index is 5.25. The molecule has 0 saturated carbocycles. The van der Waals surface area contributed by atoms with Gasteiger partial charge in [-0.2, -0.15) is 5.10 Å². The topological polar surface area (TPSA) is 27.1 Å². The molecule has 1 aromatic heterocycles. The zero-order valence-electron chi connectivity index (χ0n) is 15.1. The minimum atomic E-state index is -1.50. The Kier molecular flexibility index (Phi) is 4.78. The lowest BCUT2D eigenvalue weighted by atomic mass is 10.1. The van der Waals surface area contributed by atoms with Crippen molar-refractivity contribution < 1.29 is 4.74 Å². The normalized spacial score (nSPS) is 10.9. The lowest BCUT2D eigenvalue weighted by molar-refractivity contribution is 0.414. The fraction of sp³-hybridized carbons (Fsp3) is 0.190. The summed E-state index contributed by atoms with van der Waals surface area (Å²) in [5.41, 5.74) is 7.56. The van der Waals surface area contributed by atoms with E-state index in [2.05, 4.69) is 48.3 Å². The van der Waals surface area contributed by atoms with Crippen LogP contribution in [0.15, 0.2) is 60.8 Å². The average Bonchev–Trinajstić information content (AvgIpc) is 3.04. The van der Waals surface area contributed by atoms with Crippen LogP contribution >= 0.6 is 0 Å². The summed E-state index contributed by atoms with van der Waals surface area (Å²) in [5.74, 6) is 4.24. The first-order valence-corrected chi connectivity index (χ1v) is 11.8. The number of hydrogen-bond acceptors (Lipinski definition) is 2. The van der Waals surface area contributed by atoms with Crippen molar-refractivity contribution in [2.24, 2.45) is 0 Å². The number of rotatable bonds is 3. The van der Waals surface area contributed by atoms with Gasteiger partial charge < -0.3 is 4.74 Å². The molecule has 4 heteroatoms. The molecule has 1 heterocycles. The van der Waals surface area contributed by atoms with Crippen LogP contribution in [-0.4, -0.2) is 25.0 Å². The van der Waals surface area contributed by atoms with Crippen molar-refractivity contribution in [3.63, 3.8) is 0 Å². The number of aromatic nitrogens is 2. The minimum absolute atomic E-state index is 0.828. The molecular weight excluding hydrogens is 324 g/mol. The molecule has 0 aliphatic rings. The second kappa shape index (κ2) is 7.00. The van der Waals surface area contributed by atoms with Crippen LogP contribution in [0, 0.1) is 11.5 Å². The van der Waals surface area contributed by atoms with E-state index in [1.54, 1.807) is 7.11 Å². The third-order valence-electron chi connectivity index (χ3n) is 3.73. The van der Waals surface area contributed by atoms with Crippen molar-refractivity contribution in [3.8, 4) is 34.0 Å². The molecule has 0 bridgehead atoms. The SMILES string of the molecule is COc1ccc(-n2ncc(-c3ccccc3)c2C#C[Si](C)(C)C)cc1. The summed E-state index contributed by atoms with van der Waals surface area (Å²) < 4.78 is 7.16. The Labute approximate surface area is 150 Å². The van der Waals surface area contributed by atoms with Crippen molar-refractivity contribution in [1.82, 2.24) is 9.78 Å². The molecule has 126 valence electrons. The van der Waals surface area contributed by atoms with Crippen LogP contribution in [0.4, 0.5) is 0 Å². The second-order valence-corrected chi connectivity index (χ2v) is 11.6. The molecule has 0 fully saturated rings. The predicted octanol–water partition coefficient (Wildman–Crippen LogP) is 4.78. The molecule has 2 aromatic carbocycles. The van der Waals surface area contributed by atoms with Crippen molar-refractivity contribution >= 4 is 8.07 Å². The highest BCUT2D eigenvalue weighted by molar-refractivity contribution is 6.83. The lowest BCUT2D eigenvalue weighted by Crippen LogP contribution is -2.16. The third-order valence-corrected chi connectivity index (χ3v) is 4.60. The number of benzene rings is 2. The molecule has 0 radical (unpaired) electrons. The van der Waals surface area contributed by atoms with Gasteiger partial charge in [0, 0.05) is 5.56 Å². The third kappa shape index (κ3) is 4.01. The average molecular weight is 347 g/mol. The highest BCUT2D eigenvalue weighted by atomic mass is 28.3. The van der Waals surface area contributed by atoms with Gasteiger partial charge in [-0.15, -0.1) is 5.54 Å². The largest absolute Gasteiger partial charge is 0.497 e. The number of ether oxygens (including phenoxy) is 1. The standard InChI is InChI=1S/C21H22N2OSi/c1-24-19-12-10-18(11-13-19)23-21(14-15-25(2,3)4)20(16-22-23)17-8-6-5-7-9-17/h5-13,16H,1-4H3. The fourth-order valence-electron chi connectivity index (χ4n) is 2.46. The second-order valence-electron chi connectivity index (χ2n) is 6.88. The lowest BCUT2D eigenvalue weighted by Gasteiger charge is -2.08. The Morgan fingerprint density at radius 1 is 0.960 bits per heavy atom. The summed E-state index contributed by atoms with van der Waals surface area (Å²) in [5, 5.41) is 4.61. The van der Waals surface area contributed by atoms with E-state index in [4.69, 9.17) is 4.74 Å². The van der Waals surface area contributed by atoms with Crippen molar-refractivity contribution in [2.45, 2.75) is 19.6 Å². The zero-order valence-corrected chi connectivity index (χ0v) is 16.1. The summed E-state index contributed by atoms with van der Waals surface area (Å²) in [7, 11) is 0.170. The van der Waals surface area contributed by atoms with Crippen LogP contribution in [0.5, 0.6) is 5.75 Å². The molecule has 0 unspecified atom stereocenters. The first kappa shape index (κ1) is 17.1. The molecule has 0 aliphatic heterocycles. The van der Waals surface area contributed by atoms with Gasteiger partial charge in [0.05, 0.1) is 19.0 Å². The molecule has 3 aromatic rings. The van der Waals surface area contributed by atoms with E-state index in [0.717, 1.165) is 28.3 Å². The molecule has 0 amide bonds. The van der Waals surface area contributed by atoms with Gasteiger partial charge in [-0.3, -0.25) is 0 Å². The van der Waals surface area contributed by atoms with E-state index in [9.17, 15) is 0 Å². The van der Waals surface area contributed by atoms with Crippen LogP contribution < -0.4 is 4.74 Å². The zero-order chi connectivity index (χ0) is 17.9. The first-order valence-electron chi connectivity index (χ1n) is 8.29. The van der Waals surface area contributed by atoms with Gasteiger partial charge in [0.1, 0.15) is 19.5 Å². The summed E-state index contributed by atoms with van der Waals surface area (Å²) in [6.07, 6.45) is 1.90. The van der Waals surface area contributed by atoms with Crippen LogP contribution in [0.1, 0.15) is 5.69 Å². The summed E-state index contributed by atoms with van der Waals surface area (Å²) in [4.78, 5) is 0. The van der Waals surface area contributed by atoms with E-state index >= 15 is 0 Å². The Morgan fingerprint density at radius 3 is 2.24 bits per heavy atom. The first-order chi connectivity index (χ1) is 12.0. The van der Waals surface area contributed by atoms with E-state index in [1.165, 1.54) is 0 Å². The highest BCUT2D eigenvalue weighted by Gasteiger charge is 2.14. The molecule has 0 saturated heterocycles. The summed E-state index contributed by atoms with van der Waals surface area (Å²) in [6, 6.07) is 18.2. The maximum absolute atomic E-state index is 5.25. The fourth-order valence-corrected chi connectivity index (χ4v) is 2.96. The van der Waals surface area contributed by atoms with Crippen molar-refractivity contribution in [1.29, 1.82) is 0 Å². The Bertz CT molecular complexity index is 911. The van der Waals surface area contributed by atoms with Gasteiger partial charge in [-0.25, -0.2) is 4.68 Å². The molecule has 0 aliphatic carbocycles. The number of nitrogens with zero attached hydrogens (tertiary/aromatic N) is 2. The molecular formula is C21H22N2OSi. The maximum Gasteiger partial charge on any atom is 0.129 e. The van der Waals surface area contributed by atoms with Crippen LogP contribution in [0.2, 0.25) is 19.6 Å². The van der Waals surface area contributed by atoms with Crippen molar-refractivity contribution in [2.75, 3.05) is 7.11 Å². The summed E-state index contributed by atoms with van der Waals surface area (Å²) in [6.45, 7) is 6.74.